The van der Waals surface area contributed by atoms with Crippen LogP contribution in [-0.4, -0.2) is 34.4 Å². The number of aliphatic imine (C=N–C) groups is 1. The van der Waals surface area contributed by atoms with E-state index in [4.69, 9.17) is 4.74 Å². The average Bonchev–Trinajstić information content (AvgIpc) is 3.08. The van der Waals surface area contributed by atoms with Crippen molar-refractivity contribution in [2.45, 2.75) is 33.9 Å². The van der Waals surface area contributed by atoms with E-state index >= 15 is 0 Å². The van der Waals surface area contributed by atoms with Gasteiger partial charge in [-0.15, -0.1) is 0 Å². The molecule has 0 atom stereocenters. The standard InChI is InChI=1S/C22H28N6O/c1-5-23-22(25-13-18-7-6-8-20(12-18)29-4)26-15-19-9-10-21(24-14-19)28-17(3)11-16(2)27-28/h6-12,14H,5,13,15H2,1-4H3,(H2,23,25,26). The Morgan fingerprint density at radius 1 is 1.10 bits per heavy atom. The number of ether oxygens (including phenoxy) is 1. The highest BCUT2D eigenvalue weighted by atomic mass is 16.5. The molecule has 0 radical (unpaired) electrons. The maximum Gasteiger partial charge on any atom is 0.191 e. The molecular weight excluding hydrogens is 364 g/mol. The molecule has 0 bridgehead atoms. The first kappa shape index (κ1) is 20.4. The summed E-state index contributed by atoms with van der Waals surface area (Å²) in [6, 6.07) is 14.0. The Labute approximate surface area is 171 Å². The second-order valence-corrected chi connectivity index (χ2v) is 6.76. The Morgan fingerprint density at radius 3 is 2.62 bits per heavy atom. The Kier molecular flexibility index (Phi) is 6.84. The molecule has 0 saturated heterocycles. The van der Waals surface area contributed by atoms with Crippen molar-refractivity contribution >= 4 is 5.96 Å². The molecule has 7 heteroatoms. The van der Waals surface area contributed by atoms with Gasteiger partial charge in [0.05, 0.1) is 19.3 Å². The summed E-state index contributed by atoms with van der Waals surface area (Å²) in [5.41, 5.74) is 4.21. The SMILES string of the molecule is CCNC(=NCc1ccc(-n2nc(C)cc2C)nc1)NCc1cccc(OC)c1. The molecule has 3 aromatic rings. The van der Waals surface area contributed by atoms with Crippen molar-refractivity contribution < 1.29 is 4.74 Å². The van der Waals surface area contributed by atoms with E-state index in [1.165, 1.54) is 0 Å². The fourth-order valence-corrected chi connectivity index (χ4v) is 2.98. The van der Waals surface area contributed by atoms with E-state index in [1.54, 1.807) is 7.11 Å². The van der Waals surface area contributed by atoms with Crippen molar-refractivity contribution in [2.75, 3.05) is 13.7 Å². The normalized spacial score (nSPS) is 11.4. The van der Waals surface area contributed by atoms with Gasteiger partial charge in [0.15, 0.2) is 11.8 Å². The zero-order valence-corrected chi connectivity index (χ0v) is 17.4. The highest BCUT2D eigenvalue weighted by molar-refractivity contribution is 5.79. The predicted molar refractivity (Wildman–Crippen MR) is 115 cm³/mol. The fraction of sp³-hybridized carbons (Fsp3) is 0.318. The van der Waals surface area contributed by atoms with Crippen LogP contribution in [0.2, 0.25) is 0 Å². The number of benzene rings is 1. The number of rotatable bonds is 7. The molecule has 0 spiro atoms. The van der Waals surface area contributed by atoms with Crippen LogP contribution >= 0.6 is 0 Å². The number of guanidine groups is 1. The number of nitrogens with zero attached hydrogens (tertiary/aromatic N) is 4. The van der Waals surface area contributed by atoms with Crippen molar-refractivity contribution in [3.8, 4) is 11.6 Å². The summed E-state index contributed by atoms with van der Waals surface area (Å²) in [4.78, 5) is 9.20. The summed E-state index contributed by atoms with van der Waals surface area (Å²) in [5.74, 6) is 2.42. The van der Waals surface area contributed by atoms with Crippen molar-refractivity contribution in [1.82, 2.24) is 25.4 Å². The van der Waals surface area contributed by atoms with Gasteiger partial charge in [-0.3, -0.25) is 0 Å². The summed E-state index contributed by atoms with van der Waals surface area (Å²) >= 11 is 0. The maximum absolute atomic E-state index is 5.28. The highest BCUT2D eigenvalue weighted by Gasteiger charge is 2.05. The van der Waals surface area contributed by atoms with Crippen LogP contribution in [0, 0.1) is 13.8 Å². The molecule has 2 N–H and O–H groups in total. The molecule has 0 aliphatic carbocycles. The number of methoxy groups -OCH3 is 1. The van der Waals surface area contributed by atoms with E-state index in [0.29, 0.717) is 13.1 Å². The van der Waals surface area contributed by atoms with E-state index in [0.717, 1.165) is 46.6 Å². The zero-order valence-electron chi connectivity index (χ0n) is 17.4. The van der Waals surface area contributed by atoms with Gasteiger partial charge in [-0.2, -0.15) is 5.10 Å². The molecule has 2 aromatic heterocycles. The number of hydrogen-bond acceptors (Lipinski definition) is 4. The molecule has 0 amide bonds. The molecule has 3 rings (SSSR count). The maximum atomic E-state index is 5.28. The van der Waals surface area contributed by atoms with Crippen LogP contribution < -0.4 is 15.4 Å². The van der Waals surface area contributed by atoms with E-state index in [-0.39, 0.29) is 0 Å². The van der Waals surface area contributed by atoms with Crippen molar-refractivity contribution in [2.24, 2.45) is 4.99 Å². The Bertz CT molecular complexity index is 962. The molecule has 1 aromatic carbocycles. The summed E-state index contributed by atoms with van der Waals surface area (Å²) in [6.07, 6.45) is 1.85. The van der Waals surface area contributed by atoms with Crippen LogP contribution in [0.1, 0.15) is 29.4 Å². The molecule has 152 valence electrons. The van der Waals surface area contributed by atoms with Crippen molar-refractivity contribution in [3.63, 3.8) is 0 Å². The Hall–Kier alpha value is -3.35. The number of hydrogen-bond donors (Lipinski definition) is 2. The van der Waals surface area contributed by atoms with Crippen LogP contribution in [0.3, 0.4) is 0 Å². The van der Waals surface area contributed by atoms with E-state index in [9.17, 15) is 0 Å². The van der Waals surface area contributed by atoms with E-state index in [1.807, 2.05) is 68.0 Å². The van der Waals surface area contributed by atoms with E-state index < -0.39 is 0 Å². The lowest BCUT2D eigenvalue weighted by molar-refractivity contribution is 0.414. The van der Waals surface area contributed by atoms with E-state index in [2.05, 4.69) is 31.8 Å². The Morgan fingerprint density at radius 2 is 1.97 bits per heavy atom. The molecule has 29 heavy (non-hydrogen) atoms. The lowest BCUT2D eigenvalue weighted by Crippen LogP contribution is -2.36. The highest BCUT2D eigenvalue weighted by Crippen LogP contribution is 2.12. The van der Waals surface area contributed by atoms with Crippen LogP contribution in [-0.2, 0) is 13.1 Å². The third-order valence-corrected chi connectivity index (χ3v) is 4.39. The minimum Gasteiger partial charge on any atom is -0.497 e. The third kappa shape index (κ3) is 5.57. The van der Waals surface area contributed by atoms with Gasteiger partial charge in [-0.05, 0) is 56.2 Å². The predicted octanol–water partition coefficient (Wildman–Crippen LogP) is 3.15. The summed E-state index contributed by atoms with van der Waals surface area (Å²) in [7, 11) is 1.67. The van der Waals surface area contributed by atoms with Gasteiger partial charge in [-0.25, -0.2) is 14.7 Å². The molecule has 2 heterocycles. The minimum absolute atomic E-state index is 0.540. The number of aromatic nitrogens is 3. The minimum atomic E-state index is 0.540. The summed E-state index contributed by atoms with van der Waals surface area (Å²) < 4.78 is 7.13. The van der Waals surface area contributed by atoms with Gasteiger partial charge in [0.25, 0.3) is 0 Å². The molecule has 0 saturated carbocycles. The van der Waals surface area contributed by atoms with Crippen molar-refractivity contribution in [3.05, 3.63) is 71.2 Å². The zero-order chi connectivity index (χ0) is 20.6. The summed E-state index contributed by atoms with van der Waals surface area (Å²) in [6.45, 7) is 8.05. The fourth-order valence-electron chi connectivity index (χ4n) is 2.98. The topological polar surface area (TPSA) is 76.4 Å². The average molecular weight is 393 g/mol. The van der Waals surface area contributed by atoms with Gasteiger partial charge in [-0.1, -0.05) is 18.2 Å². The molecule has 0 unspecified atom stereocenters. The second-order valence-electron chi connectivity index (χ2n) is 6.76. The molecule has 7 nitrogen and oxygen atoms in total. The monoisotopic (exact) mass is 392 g/mol. The smallest absolute Gasteiger partial charge is 0.191 e. The largest absolute Gasteiger partial charge is 0.497 e. The number of nitrogens with one attached hydrogen (secondary N) is 2. The molecule has 0 aliphatic rings. The van der Waals surface area contributed by atoms with Gasteiger partial charge in [0.2, 0.25) is 0 Å². The summed E-state index contributed by atoms with van der Waals surface area (Å²) in [5, 5.41) is 11.1. The first-order valence-corrected chi connectivity index (χ1v) is 9.72. The van der Waals surface area contributed by atoms with Gasteiger partial charge in [0.1, 0.15) is 5.75 Å². The first-order chi connectivity index (χ1) is 14.1. The van der Waals surface area contributed by atoms with Crippen molar-refractivity contribution in [1.29, 1.82) is 0 Å². The Balaban J connectivity index is 1.64. The van der Waals surface area contributed by atoms with Crippen LogP contribution in [0.25, 0.3) is 5.82 Å². The van der Waals surface area contributed by atoms with Crippen LogP contribution in [0.15, 0.2) is 53.7 Å². The van der Waals surface area contributed by atoms with Crippen LogP contribution in [0.5, 0.6) is 5.75 Å². The first-order valence-electron chi connectivity index (χ1n) is 9.72. The third-order valence-electron chi connectivity index (χ3n) is 4.39. The van der Waals surface area contributed by atoms with Gasteiger partial charge < -0.3 is 15.4 Å². The van der Waals surface area contributed by atoms with Crippen LogP contribution in [0.4, 0.5) is 0 Å². The lowest BCUT2D eigenvalue weighted by atomic mass is 10.2. The van der Waals surface area contributed by atoms with Gasteiger partial charge >= 0.3 is 0 Å². The molecule has 0 fully saturated rings. The second kappa shape index (κ2) is 9.73. The van der Waals surface area contributed by atoms with Gasteiger partial charge in [0, 0.05) is 25.0 Å². The molecular formula is C22H28N6O. The number of aryl methyl sites for hydroxylation is 2. The number of pyridine rings is 1. The lowest BCUT2D eigenvalue weighted by Gasteiger charge is -2.12. The quantitative estimate of drug-likeness (QED) is 0.477. The molecule has 0 aliphatic heterocycles.